The van der Waals surface area contributed by atoms with E-state index in [9.17, 15) is 0 Å². The Labute approximate surface area is 105 Å². The fourth-order valence-electron chi connectivity index (χ4n) is 1.77. The van der Waals surface area contributed by atoms with E-state index in [4.69, 9.17) is 0 Å². The second-order valence-corrected chi connectivity index (χ2v) is 5.17. The zero-order valence-electron chi connectivity index (χ0n) is 9.47. The van der Waals surface area contributed by atoms with Crippen molar-refractivity contribution in [2.24, 2.45) is 11.0 Å². The highest BCUT2D eigenvalue weighted by Gasteiger charge is 2.29. The molecule has 1 aromatic heterocycles. The summed E-state index contributed by atoms with van der Waals surface area (Å²) in [5.41, 5.74) is 5.40. The van der Waals surface area contributed by atoms with Gasteiger partial charge in [0.15, 0.2) is 0 Å². The molecule has 1 aromatic carbocycles. The second kappa shape index (κ2) is 4.72. The van der Waals surface area contributed by atoms with E-state index in [1.165, 1.54) is 23.4 Å². The van der Waals surface area contributed by atoms with E-state index in [-0.39, 0.29) is 0 Å². The number of para-hydroxylation sites is 1. The van der Waals surface area contributed by atoms with Crippen LogP contribution in [0.4, 0.5) is 5.69 Å². The van der Waals surface area contributed by atoms with Crippen molar-refractivity contribution in [3.8, 4) is 0 Å². The van der Waals surface area contributed by atoms with Gasteiger partial charge in [-0.3, -0.25) is 5.43 Å². The number of benzene rings is 1. The molecule has 0 saturated heterocycles. The van der Waals surface area contributed by atoms with Crippen molar-refractivity contribution in [3.63, 3.8) is 0 Å². The van der Waals surface area contributed by atoms with Crippen LogP contribution in [0.3, 0.4) is 0 Å². The molecular weight excluding hydrogens is 228 g/mol. The van der Waals surface area contributed by atoms with Crippen LogP contribution in [0.15, 0.2) is 52.9 Å². The van der Waals surface area contributed by atoms with E-state index in [1.807, 2.05) is 30.3 Å². The summed E-state index contributed by atoms with van der Waals surface area (Å²) in [6.07, 6.45) is 2.54. The molecule has 0 spiro atoms. The van der Waals surface area contributed by atoms with Crippen molar-refractivity contribution in [2.75, 3.05) is 5.43 Å². The number of rotatable bonds is 4. The Hall–Kier alpha value is -1.61. The summed E-state index contributed by atoms with van der Waals surface area (Å²) < 4.78 is 0. The number of hydrogen-bond acceptors (Lipinski definition) is 3. The minimum atomic E-state index is 0.657. The van der Waals surface area contributed by atoms with Crippen LogP contribution in [0, 0.1) is 5.92 Å². The maximum Gasteiger partial charge on any atom is 0.0809 e. The fourth-order valence-corrected chi connectivity index (χ4v) is 2.56. The summed E-state index contributed by atoms with van der Waals surface area (Å²) in [5, 5.41) is 6.68. The van der Waals surface area contributed by atoms with Gasteiger partial charge in [-0.15, -0.1) is 11.3 Å². The summed E-state index contributed by atoms with van der Waals surface area (Å²) >= 11 is 1.76. The van der Waals surface area contributed by atoms with Gasteiger partial charge >= 0.3 is 0 Å². The predicted octanol–water partition coefficient (Wildman–Crippen LogP) is 3.97. The lowest BCUT2D eigenvalue weighted by Gasteiger charge is -2.04. The number of hydrazone groups is 1. The summed E-state index contributed by atoms with van der Waals surface area (Å²) in [6, 6.07) is 14.3. The van der Waals surface area contributed by atoms with Crippen LogP contribution in [-0.4, -0.2) is 5.71 Å². The van der Waals surface area contributed by atoms with Gasteiger partial charge in [-0.2, -0.15) is 5.10 Å². The van der Waals surface area contributed by atoms with E-state index in [0.29, 0.717) is 5.92 Å². The highest BCUT2D eigenvalue weighted by molar-refractivity contribution is 7.12. The first-order valence-corrected chi connectivity index (χ1v) is 6.74. The van der Waals surface area contributed by atoms with Crippen LogP contribution >= 0.6 is 11.3 Å². The number of nitrogens with zero attached hydrogens (tertiary/aromatic N) is 1. The molecule has 0 unspecified atom stereocenters. The largest absolute Gasteiger partial charge is 0.278 e. The molecule has 1 N–H and O–H groups in total. The van der Waals surface area contributed by atoms with Crippen molar-refractivity contribution in [3.05, 3.63) is 52.7 Å². The summed E-state index contributed by atoms with van der Waals surface area (Å²) in [7, 11) is 0. The minimum absolute atomic E-state index is 0.657. The van der Waals surface area contributed by atoms with E-state index in [1.54, 1.807) is 11.3 Å². The molecule has 86 valence electrons. The molecule has 2 aromatic rings. The van der Waals surface area contributed by atoms with Gasteiger partial charge in [0.25, 0.3) is 0 Å². The lowest BCUT2D eigenvalue weighted by atomic mass is 10.2. The van der Waals surface area contributed by atoms with Crippen LogP contribution < -0.4 is 5.43 Å². The van der Waals surface area contributed by atoms with Gasteiger partial charge in [0.2, 0.25) is 0 Å². The van der Waals surface area contributed by atoms with Gasteiger partial charge < -0.3 is 0 Å². The highest BCUT2D eigenvalue weighted by atomic mass is 32.1. The Morgan fingerprint density at radius 3 is 2.59 bits per heavy atom. The van der Waals surface area contributed by atoms with E-state index >= 15 is 0 Å². The van der Waals surface area contributed by atoms with Crippen LogP contribution in [-0.2, 0) is 0 Å². The van der Waals surface area contributed by atoms with Crippen LogP contribution in [0.2, 0.25) is 0 Å². The lowest BCUT2D eigenvalue weighted by molar-refractivity contribution is 1.16. The minimum Gasteiger partial charge on any atom is -0.278 e. The fraction of sp³-hybridized carbons (Fsp3) is 0.214. The van der Waals surface area contributed by atoms with Gasteiger partial charge in [0.1, 0.15) is 0 Å². The zero-order chi connectivity index (χ0) is 11.5. The highest BCUT2D eigenvalue weighted by Crippen LogP contribution is 2.34. The second-order valence-electron chi connectivity index (χ2n) is 4.23. The quantitative estimate of drug-likeness (QED) is 0.636. The first-order chi connectivity index (χ1) is 8.43. The molecule has 3 rings (SSSR count). The van der Waals surface area contributed by atoms with Crippen molar-refractivity contribution >= 4 is 22.7 Å². The third-order valence-corrected chi connectivity index (χ3v) is 3.71. The molecule has 3 heteroatoms. The molecule has 0 radical (unpaired) electrons. The maximum atomic E-state index is 4.58. The number of hydrogen-bond donors (Lipinski definition) is 1. The molecule has 2 nitrogen and oxygen atoms in total. The Morgan fingerprint density at radius 1 is 1.12 bits per heavy atom. The van der Waals surface area contributed by atoms with Gasteiger partial charge in [0, 0.05) is 5.92 Å². The molecule has 0 aliphatic heterocycles. The average molecular weight is 242 g/mol. The van der Waals surface area contributed by atoms with Crippen molar-refractivity contribution < 1.29 is 0 Å². The Bertz CT molecular complexity index is 498. The first-order valence-electron chi connectivity index (χ1n) is 5.86. The normalized spacial score (nSPS) is 15.9. The lowest BCUT2D eigenvalue weighted by Crippen LogP contribution is -2.04. The molecule has 0 bridgehead atoms. The zero-order valence-corrected chi connectivity index (χ0v) is 10.3. The molecule has 1 aliphatic carbocycles. The Kier molecular flexibility index (Phi) is 2.92. The topological polar surface area (TPSA) is 24.4 Å². The summed E-state index contributed by atoms with van der Waals surface area (Å²) in [4.78, 5) is 1.29. The van der Waals surface area contributed by atoms with Crippen LogP contribution in [0.5, 0.6) is 0 Å². The third-order valence-electron chi connectivity index (χ3n) is 2.82. The van der Waals surface area contributed by atoms with E-state index in [0.717, 1.165) is 5.69 Å². The number of thiophene rings is 1. The van der Waals surface area contributed by atoms with Gasteiger partial charge in [-0.25, -0.2) is 0 Å². The van der Waals surface area contributed by atoms with Crippen molar-refractivity contribution in [1.82, 2.24) is 0 Å². The van der Waals surface area contributed by atoms with Crippen molar-refractivity contribution in [1.29, 1.82) is 0 Å². The maximum absolute atomic E-state index is 4.58. The Morgan fingerprint density at radius 2 is 1.94 bits per heavy atom. The molecule has 0 atom stereocenters. The summed E-state index contributed by atoms with van der Waals surface area (Å²) in [5.74, 6) is 0.657. The van der Waals surface area contributed by atoms with Gasteiger partial charge in [-0.1, -0.05) is 24.3 Å². The standard InChI is InChI=1S/C14H14N2S/c1-2-5-12(6-3-1)15-16-14(11-8-9-11)13-7-4-10-17-13/h1-7,10-11,15H,8-9H2/b16-14+. The summed E-state index contributed by atoms with van der Waals surface area (Å²) in [6.45, 7) is 0. The van der Waals surface area contributed by atoms with Gasteiger partial charge in [-0.05, 0) is 36.4 Å². The molecule has 1 heterocycles. The molecular formula is C14H14N2S. The Balaban J connectivity index is 1.80. The molecule has 17 heavy (non-hydrogen) atoms. The molecule has 1 saturated carbocycles. The SMILES string of the molecule is c1ccc(N/N=C(/c2cccs2)C2CC2)cc1. The molecule has 0 amide bonds. The van der Waals surface area contributed by atoms with Crippen molar-refractivity contribution in [2.45, 2.75) is 12.8 Å². The molecule has 1 fully saturated rings. The average Bonchev–Trinajstić information content (AvgIpc) is 3.06. The monoisotopic (exact) mass is 242 g/mol. The van der Waals surface area contributed by atoms with Gasteiger partial charge in [0.05, 0.1) is 16.3 Å². The van der Waals surface area contributed by atoms with E-state index in [2.05, 4.69) is 28.0 Å². The smallest absolute Gasteiger partial charge is 0.0809 e. The molecule has 1 aliphatic rings. The predicted molar refractivity (Wildman–Crippen MR) is 73.6 cm³/mol. The first kappa shape index (κ1) is 10.5. The number of anilines is 1. The third kappa shape index (κ3) is 2.56. The van der Waals surface area contributed by atoms with E-state index < -0.39 is 0 Å². The van der Waals surface area contributed by atoms with Crippen LogP contribution in [0.25, 0.3) is 0 Å². The number of nitrogens with one attached hydrogen (secondary N) is 1. The van der Waals surface area contributed by atoms with Crippen LogP contribution in [0.1, 0.15) is 17.7 Å².